The molecule has 0 spiro atoms. The number of piperazine rings is 1. The van der Waals surface area contributed by atoms with E-state index in [0.717, 1.165) is 12.5 Å². The first-order valence-corrected chi connectivity index (χ1v) is 7.00. The van der Waals surface area contributed by atoms with Crippen LogP contribution in [0.2, 0.25) is 0 Å². The molecule has 0 aliphatic carbocycles. The fourth-order valence-corrected chi connectivity index (χ4v) is 2.22. The van der Waals surface area contributed by atoms with E-state index in [1.807, 2.05) is 0 Å². The highest BCUT2D eigenvalue weighted by atomic mass is 15.3. The maximum atomic E-state index is 3.61. The van der Waals surface area contributed by atoms with Crippen molar-refractivity contribution in [3.63, 3.8) is 0 Å². The molecule has 1 fully saturated rings. The first-order chi connectivity index (χ1) is 7.83. The molecule has 0 amide bonds. The minimum atomic E-state index is 0.321. The van der Waals surface area contributed by atoms with Gasteiger partial charge in [-0.2, -0.15) is 0 Å². The molecule has 0 saturated carbocycles. The molecule has 1 saturated heterocycles. The SMILES string of the molecule is CC(C)C(C)NCCN1CCN(C)C(C)(C)C1. The first-order valence-electron chi connectivity index (χ1n) is 7.00. The third-order valence-corrected chi connectivity index (χ3v) is 4.29. The Morgan fingerprint density at radius 3 is 2.35 bits per heavy atom. The first kappa shape index (κ1) is 14.9. The quantitative estimate of drug-likeness (QED) is 0.789. The summed E-state index contributed by atoms with van der Waals surface area (Å²) in [6.07, 6.45) is 0. The van der Waals surface area contributed by atoms with E-state index in [-0.39, 0.29) is 0 Å². The van der Waals surface area contributed by atoms with Crippen molar-refractivity contribution < 1.29 is 0 Å². The van der Waals surface area contributed by atoms with Crippen molar-refractivity contribution >= 4 is 0 Å². The Bertz CT molecular complexity index is 226. The molecule has 0 aromatic rings. The highest BCUT2D eigenvalue weighted by Crippen LogP contribution is 2.18. The topological polar surface area (TPSA) is 18.5 Å². The van der Waals surface area contributed by atoms with Gasteiger partial charge in [0.2, 0.25) is 0 Å². The smallest absolute Gasteiger partial charge is 0.0277 e. The lowest BCUT2D eigenvalue weighted by Crippen LogP contribution is -2.58. The van der Waals surface area contributed by atoms with Crippen LogP contribution in [-0.4, -0.2) is 61.2 Å². The van der Waals surface area contributed by atoms with E-state index in [0.29, 0.717) is 11.6 Å². The minimum absolute atomic E-state index is 0.321. The van der Waals surface area contributed by atoms with Gasteiger partial charge in [-0.3, -0.25) is 9.80 Å². The summed E-state index contributed by atoms with van der Waals surface area (Å²) in [7, 11) is 2.23. The van der Waals surface area contributed by atoms with Crippen molar-refractivity contribution in [2.45, 2.75) is 46.2 Å². The Balaban J connectivity index is 2.25. The largest absolute Gasteiger partial charge is 0.313 e. The van der Waals surface area contributed by atoms with Gasteiger partial charge >= 0.3 is 0 Å². The maximum absolute atomic E-state index is 3.61. The fraction of sp³-hybridized carbons (Fsp3) is 1.00. The van der Waals surface area contributed by atoms with Crippen LogP contribution in [0.15, 0.2) is 0 Å². The van der Waals surface area contributed by atoms with E-state index in [1.54, 1.807) is 0 Å². The highest BCUT2D eigenvalue weighted by molar-refractivity contribution is 4.88. The fourth-order valence-electron chi connectivity index (χ4n) is 2.22. The lowest BCUT2D eigenvalue weighted by molar-refractivity contribution is 0.0402. The summed E-state index contributed by atoms with van der Waals surface area (Å²) in [5.41, 5.74) is 0.321. The molecule has 0 radical (unpaired) electrons. The van der Waals surface area contributed by atoms with E-state index < -0.39 is 0 Å². The molecule has 0 bridgehead atoms. The van der Waals surface area contributed by atoms with E-state index >= 15 is 0 Å². The Labute approximate surface area is 108 Å². The van der Waals surface area contributed by atoms with Crippen LogP contribution in [-0.2, 0) is 0 Å². The van der Waals surface area contributed by atoms with Crippen molar-refractivity contribution in [3.05, 3.63) is 0 Å². The molecule has 0 aromatic carbocycles. The van der Waals surface area contributed by atoms with E-state index in [9.17, 15) is 0 Å². The van der Waals surface area contributed by atoms with Gasteiger partial charge < -0.3 is 5.32 Å². The van der Waals surface area contributed by atoms with E-state index in [4.69, 9.17) is 0 Å². The van der Waals surface area contributed by atoms with Crippen molar-refractivity contribution in [1.82, 2.24) is 15.1 Å². The zero-order valence-electron chi connectivity index (χ0n) is 12.6. The molecule has 1 rings (SSSR count). The Morgan fingerprint density at radius 2 is 1.82 bits per heavy atom. The molecular weight excluding hydrogens is 210 g/mol. The predicted octanol–water partition coefficient (Wildman–Crippen LogP) is 1.65. The van der Waals surface area contributed by atoms with Gasteiger partial charge in [0.1, 0.15) is 0 Å². The summed E-state index contributed by atoms with van der Waals surface area (Å²) in [5.74, 6) is 0.721. The van der Waals surface area contributed by atoms with Crippen molar-refractivity contribution in [3.8, 4) is 0 Å². The second-order valence-electron chi connectivity index (χ2n) is 6.50. The van der Waals surface area contributed by atoms with Crippen LogP contribution in [0, 0.1) is 5.92 Å². The van der Waals surface area contributed by atoms with Crippen molar-refractivity contribution in [1.29, 1.82) is 0 Å². The molecule has 1 N–H and O–H groups in total. The molecule has 1 aliphatic rings. The summed E-state index contributed by atoms with van der Waals surface area (Å²) in [6, 6.07) is 0.621. The Morgan fingerprint density at radius 1 is 1.18 bits per heavy atom. The monoisotopic (exact) mass is 241 g/mol. The number of nitrogens with zero attached hydrogens (tertiary/aromatic N) is 2. The number of hydrogen-bond acceptors (Lipinski definition) is 3. The molecular formula is C14H31N3. The molecule has 1 heterocycles. The van der Waals surface area contributed by atoms with Gasteiger partial charge in [0.05, 0.1) is 0 Å². The number of rotatable bonds is 5. The number of likely N-dealkylation sites (N-methyl/N-ethyl adjacent to an activating group) is 1. The summed E-state index contributed by atoms with van der Waals surface area (Å²) in [5, 5.41) is 3.61. The van der Waals surface area contributed by atoms with Gasteiger partial charge in [-0.05, 0) is 33.7 Å². The van der Waals surface area contributed by atoms with Crippen LogP contribution in [0.4, 0.5) is 0 Å². The highest BCUT2D eigenvalue weighted by Gasteiger charge is 2.30. The molecule has 1 aliphatic heterocycles. The van der Waals surface area contributed by atoms with Crippen LogP contribution in [0.25, 0.3) is 0 Å². The average Bonchev–Trinajstić information content (AvgIpc) is 2.22. The second-order valence-corrected chi connectivity index (χ2v) is 6.50. The normalized spacial score (nSPS) is 24.2. The molecule has 1 unspecified atom stereocenters. The predicted molar refractivity (Wildman–Crippen MR) is 75.5 cm³/mol. The van der Waals surface area contributed by atoms with Crippen LogP contribution in [0.5, 0.6) is 0 Å². The second kappa shape index (κ2) is 6.17. The van der Waals surface area contributed by atoms with Crippen LogP contribution >= 0.6 is 0 Å². The zero-order valence-corrected chi connectivity index (χ0v) is 12.6. The molecule has 0 aromatic heterocycles. The third kappa shape index (κ3) is 4.57. The van der Waals surface area contributed by atoms with E-state index in [2.05, 4.69) is 56.8 Å². The van der Waals surface area contributed by atoms with Crippen LogP contribution in [0.1, 0.15) is 34.6 Å². The number of nitrogens with one attached hydrogen (secondary N) is 1. The average molecular weight is 241 g/mol. The Kier molecular flexibility index (Phi) is 5.42. The van der Waals surface area contributed by atoms with Crippen LogP contribution < -0.4 is 5.32 Å². The maximum Gasteiger partial charge on any atom is 0.0277 e. The van der Waals surface area contributed by atoms with Crippen LogP contribution in [0.3, 0.4) is 0 Å². The Hall–Kier alpha value is -0.120. The standard InChI is InChI=1S/C14H31N3/c1-12(2)13(3)15-7-8-17-10-9-16(6)14(4,5)11-17/h12-13,15H,7-11H2,1-6H3. The lowest BCUT2D eigenvalue weighted by atomic mass is 10.00. The summed E-state index contributed by atoms with van der Waals surface area (Å²) in [6.45, 7) is 17.4. The van der Waals surface area contributed by atoms with Crippen molar-refractivity contribution in [2.75, 3.05) is 39.8 Å². The van der Waals surface area contributed by atoms with Gasteiger partial charge in [-0.1, -0.05) is 13.8 Å². The summed E-state index contributed by atoms with van der Waals surface area (Å²) >= 11 is 0. The van der Waals surface area contributed by atoms with Gasteiger partial charge in [0.15, 0.2) is 0 Å². The summed E-state index contributed by atoms with van der Waals surface area (Å²) in [4.78, 5) is 5.05. The van der Waals surface area contributed by atoms with E-state index in [1.165, 1.54) is 26.2 Å². The number of hydrogen-bond donors (Lipinski definition) is 1. The minimum Gasteiger partial charge on any atom is -0.313 e. The molecule has 1 atom stereocenters. The lowest BCUT2D eigenvalue weighted by Gasteiger charge is -2.45. The molecule has 17 heavy (non-hydrogen) atoms. The molecule has 3 nitrogen and oxygen atoms in total. The van der Waals surface area contributed by atoms with Crippen molar-refractivity contribution in [2.24, 2.45) is 5.92 Å². The molecule has 102 valence electrons. The van der Waals surface area contributed by atoms with Gasteiger partial charge in [0, 0.05) is 44.3 Å². The van der Waals surface area contributed by atoms with Gasteiger partial charge in [-0.15, -0.1) is 0 Å². The third-order valence-electron chi connectivity index (χ3n) is 4.29. The molecule has 3 heteroatoms. The van der Waals surface area contributed by atoms with Gasteiger partial charge in [0.25, 0.3) is 0 Å². The summed E-state index contributed by atoms with van der Waals surface area (Å²) < 4.78 is 0. The van der Waals surface area contributed by atoms with Gasteiger partial charge in [-0.25, -0.2) is 0 Å². The zero-order chi connectivity index (χ0) is 13.1.